The van der Waals surface area contributed by atoms with Crippen LogP contribution in [0.25, 0.3) is 0 Å². The minimum absolute atomic E-state index is 0.0459. The number of esters is 1. The summed E-state index contributed by atoms with van der Waals surface area (Å²) in [5, 5.41) is 13.7. The first-order chi connectivity index (χ1) is 13.4. The van der Waals surface area contributed by atoms with Crippen molar-refractivity contribution in [3.8, 4) is 11.5 Å². The molecular formula is C19H18N2O7. The van der Waals surface area contributed by atoms with E-state index in [-0.39, 0.29) is 30.2 Å². The second-order valence-corrected chi connectivity index (χ2v) is 6.16. The quantitative estimate of drug-likeness (QED) is 0.460. The lowest BCUT2D eigenvalue weighted by Crippen LogP contribution is -2.35. The highest BCUT2D eigenvalue weighted by molar-refractivity contribution is 5.94. The number of fused-ring (bicyclic) bond motifs is 1. The maximum atomic E-state index is 12.3. The molecule has 1 aliphatic rings. The van der Waals surface area contributed by atoms with Crippen LogP contribution in [0.15, 0.2) is 36.4 Å². The maximum Gasteiger partial charge on any atom is 0.339 e. The molecule has 2 aromatic rings. The Bertz CT molecular complexity index is 942. The van der Waals surface area contributed by atoms with E-state index in [2.05, 4.69) is 5.32 Å². The molecule has 28 heavy (non-hydrogen) atoms. The number of hydrogen-bond donors (Lipinski definition) is 1. The second kappa shape index (κ2) is 7.95. The molecule has 0 aliphatic carbocycles. The number of nitro benzene ring substituents is 1. The Balaban J connectivity index is 1.59. The van der Waals surface area contributed by atoms with Crippen LogP contribution < -0.4 is 14.8 Å². The molecule has 0 spiro atoms. The summed E-state index contributed by atoms with van der Waals surface area (Å²) in [5.41, 5.74) is 0.843. The summed E-state index contributed by atoms with van der Waals surface area (Å²) in [5.74, 6) is -0.0434. The number of nitrogens with zero attached hydrogens (tertiary/aromatic N) is 1. The van der Waals surface area contributed by atoms with Crippen LogP contribution in [0, 0.1) is 17.0 Å². The molecule has 1 unspecified atom stereocenters. The largest absolute Gasteiger partial charge is 0.454 e. The van der Waals surface area contributed by atoms with E-state index in [1.165, 1.54) is 32.0 Å². The van der Waals surface area contributed by atoms with Crippen molar-refractivity contribution >= 4 is 17.6 Å². The molecule has 1 amide bonds. The monoisotopic (exact) mass is 386 g/mol. The predicted octanol–water partition coefficient (Wildman–Crippen LogP) is 2.49. The van der Waals surface area contributed by atoms with Gasteiger partial charge in [0.05, 0.1) is 10.5 Å². The van der Waals surface area contributed by atoms with Crippen molar-refractivity contribution in [2.45, 2.75) is 26.5 Å². The molecule has 0 saturated carbocycles. The Hall–Kier alpha value is -3.62. The normalized spacial score (nSPS) is 12.9. The van der Waals surface area contributed by atoms with Gasteiger partial charge in [-0.3, -0.25) is 14.9 Å². The van der Waals surface area contributed by atoms with E-state index in [9.17, 15) is 19.7 Å². The number of nitro groups is 1. The number of nitrogens with one attached hydrogen (secondary N) is 1. The zero-order valence-corrected chi connectivity index (χ0v) is 15.3. The van der Waals surface area contributed by atoms with E-state index >= 15 is 0 Å². The average Bonchev–Trinajstić information content (AvgIpc) is 3.13. The van der Waals surface area contributed by atoms with E-state index in [1.807, 2.05) is 0 Å². The van der Waals surface area contributed by atoms with Crippen molar-refractivity contribution in [3.05, 3.63) is 63.2 Å². The number of rotatable bonds is 6. The lowest BCUT2D eigenvalue weighted by Gasteiger charge is -2.14. The van der Waals surface area contributed by atoms with E-state index in [4.69, 9.17) is 14.2 Å². The number of benzene rings is 2. The topological polar surface area (TPSA) is 117 Å². The van der Waals surface area contributed by atoms with Crippen molar-refractivity contribution in [1.29, 1.82) is 0 Å². The highest BCUT2D eigenvalue weighted by atomic mass is 16.7. The zero-order chi connectivity index (χ0) is 20.3. The predicted molar refractivity (Wildman–Crippen MR) is 97.1 cm³/mol. The SMILES string of the molecule is Cc1c(C(=O)OC(C)C(=O)NCc2ccc3c(c2)OCO3)cccc1[N+](=O)[O-]. The standard InChI is InChI=1S/C19H18N2O7/c1-11-14(4-3-5-15(11)21(24)25)19(23)28-12(2)18(22)20-9-13-6-7-16-17(8-13)27-10-26-16/h3-8,12H,9-10H2,1-2H3,(H,20,22). The van der Waals surface area contributed by atoms with E-state index in [0.29, 0.717) is 11.5 Å². The van der Waals surface area contributed by atoms with Gasteiger partial charge in [0.15, 0.2) is 17.6 Å². The van der Waals surface area contributed by atoms with Crippen LogP contribution in [0.3, 0.4) is 0 Å². The molecule has 0 saturated heterocycles. The molecule has 1 atom stereocenters. The summed E-state index contributed by atoms with van der Waals surface area (Å²) in [4.78, 5) is 34.9. The number of amides is 1. The van der Waals surface area contributed by atoms with Gasteiger partial charge in [-0.1, -0.05) is 12.1 Å². The van der Waals surface area contributed by atoms with Crippen LogP contribution in [0.2, 0.25) is 0 Å². The van der Waals surface area contributed by atoms with Gasteiger partial charge >= 0.3 is 5.97 Å². The van der Waals surface area contributed by atoms with Crippen LogP contribution in [-0.4, -0.2) is 29.7 Å². The van der Waals surface area contributed by atoms with Gasteiger partial charge in [-0.15, -0.1) is 0 Å². The molecule has 1 N–H and O–H groups in total. The van der Waals surface area contributed by atoms with Gasteiger partial charge in [-0.05, 0) is 37.6 Å². The molecule has 0 fully saturated rings. The number of ether oxygens (including phenoxy) is 3. The first-order valence-corrected chi connectivity index (χ1v) is 8.48. The molecule has 3 rings (SSSR count). The highest BCUT2D eigenvalue weighted by Gasteiger charge is 2.23. The average molecular weight is 386 g/mol. The zero-order valence-electron chi connectivity index (χ0n) is 15.3. The van der Waals surface area contributed by atoms with Crippen LogP contribution in [0.4, 0.5) is 5.69 Å². The fourth-order valence-electron chi connectivity index (χ4n) is 2.70. The molecule has 9 heteroatoms. The maximum absolute atomic E-state index is 12.3. The molecule has 9 nitrogen and oxygen atoms in total. The lowest BCUT2D eigenvalue weighted by atomic mass is 10.1. The summed E-state index contributed by atoms with van der Waals surface area (Å²) in [7, 11) is 0. The summed E-state index contributed by atoms with van der Waals surface area (Å²) in [6, 6.07) is 9.41. The van der Waals surface area contributed by atoms with E-state index < -0.39 is 22.9 Å². The Labute approximate surface area is 160 Å². The van der Waals surface area contributed by atoms with Crippen molar-refractivity contribution in [1.82, 2.24) is 5.32 Å². The van der Waals surface area contributed by atoms with Gasteiger partial charge in [-0.25, -0.2) is 4.79 Å². The van der Waals surface area contributed by atoms with Gasteiger partial charge in [-0.2, -0.15) is 0 Å². The Kier molecular flexibility index (Phi) is 5.44. The van der Waals surface area contributed by atoms with Crippen molar-refractivity contribution in [3.63, 3.8) is 0 Å². The lowest BCUT2D eigenvalue weighted by molar-refractivity contribution is -0.385. The molecule has 1 aliphatic heterocycles. The molecule has 2 aromatic carbocycles. The molecule has 146 valence electrons. The number of hydrogen-bond acceptors (Lipinski definition) is 7. The number of carbonyl (C=O) groups excluding carboxylic acids is 2. The summed E-state index contributed by atoms with van der Waals surface area (Å²) in [6.07, 6.45) is -1.07. The first-order valence-electron chi connectivity index (χ1n) is 8.48. The molecule has 0 aromatic heterocycles. The Morgan fingerprint density at radius 3 is 2.75 bits per heavy atom. The molecule has 1 heterocycles. The minimum Gasteiger partial charge on any atom is -0.454 e. The fraction of sp³-hybridized carbons (Fsp3) is 0.263. The first kappa shape index (κ1) is 19.2. The second-order valence-electron chi connectivity index (χ2n) is 6.16. The van der Waals surface area contributed by atoms with Crippen LogP contribution in [0.5, 0.6) is 11.5 Å². The Morgan fingerprint density at radius 2 is 2.00 bits per heavy atom. The van der Waals surface area contributed by atoms with E-state index in [0.717, 1.165) is 5.56 Å². The van der Waals surface area contributed by atoms with Gasteiger partial charge < -0.3 is 19.5 Å². The smallest absolute Gasteiger partial charge is 0.339 e. The van der Waals surface area contributed by atoms with Gasteiger partial charge in [0, 0.05) is 18.2 Å². The van der Waals surface area contributed by atoms with Crippen molar-refractivity contribution in [2.75, 3.05) is 6.79 Å². The van der Waals surface area contributed by atoms with Gasteiger partial charge in [0.25, 0.3) is 11.6 Å². The van der Waals surface area contributed by atoms with E-state index in [1.54, 1.807) is 18.2 Å². The highest BCUT2D eigenvalue weighted by Crippen LogP contribution is 2.32. The Morgan fingerprint density at radius 1 is 1.25 bits per heavy atom. The molecule has 0 bridgehead atoms. The third-order valence-electron chi connectivity index (χ3n) is 4.28. The molecule has 0 radical (unpaired) electrons. The van der Waals surface area contributed by atoms with Crippen molar-refractivity contribution < 1.29 is 28.7 Å². The third kappa shape index (κ3) is 4.03. The van der Waals surface area contributed by atoms with Crippen LogP contribution in [-0.2, 0) is 16.1 Å². The van der Waals surface area contributed by atoms with Crippen LogP contribution >= 0.6 is 0 Å². The molecular weight excluding hydrogens is 368 g/mol. The summed E-state index contributed by atoms with van der Waals surface area (Å²) in [6.45, 7) is 3.26. The summed E-state index contributed by atoms with van der Waals surface area (Å²) >= 11 is 0. The van der Waals surface area contributed by atoms with Crippen molar-refractivity contribution in [2.24, 2.45) is 0 Å². The number of carbonyl (C=O) groups is 2. The summed E-state index contributed by atoms with van der Waals surface area (Å²) < 4.78 is 15.7. The fourth-order valence-corrected chi connectivity index (χ4v) is 2.70. The van der Waals surface area contributed by atoms with Gasteiger partial charge in [0.2, 0.25) is 6.79 Å². The van der Waals surface area contributed by atoms with Crippen LogP contribution in [0.1, 0.15) is 28.4 Å². The van der Waals surface area contributed by atoms with Gasteiger partial charge in [0.1, 0.15) is 0 Å². The minimum atomic E-state index is -1.07. The third-order valence-corrected chi connectivity index (χ3v) is 4.28.